The summed E-state index contributed by atoms with van der Waals surface area (Å²) in [4.78, 5) is 44.0. The van der Waals surface area contributed by atoms with E-state index in [1.807, 2.05) is 0 Å². The van der Waals surface area contributed by atoms with Gasteiger partial charge in [-0.15, -0.1) is 0 Å². The summed E-state index contributed by atoms with van der Waals surface area (Å²) >= 11 is 4.68. The minimum atomic E-state index is -3.49. The van der Waals surface area contributed by atoms with E-state index >= 15 is 8.78 Å². The number of rotatable bonds is 14. The predicted molar refractivity (Wildman–Crippen MR) is 167 cm³/mol. The topological polar surface area (TPSA) is 246 Å². The van der Waals surface area contributed by atoms with E-state index in [9.17, 15) is 19.7 Å². The number of nitrogens with one attached hydrogen (secondary N) is 2. The molecule has 6 heterocycles. The van der Waals surface area contributed by atoms with Crippen LogP contribution >= 0.6 is 15.4 Å². The summed E-state index contributed by atoms with van der Waals surface area (Å²) in [6.07, 6.45) is -2.35. The van der Waals surface area contributed by atoms with Gasteiger partial charge in [0.2, 0.25) is 0 Å². The number of hydrogen-bond donors (Lipinski definition) is 6. The van der Waals surface area contributed by atoms with Crippen LogP contribution in [0.15, 0.2) is 37.5 Å². The third-order valence-corrected chi connectivity index (χ3v) is 8.81. The second-order valence-corrected chi connectivity index (χ2v) is 13.0. The largest absolute Gasteiger partial charge is 0.394 e. The van der Waals surface area contributed by atoms with Gasteiger partial charge in [-0.3, -0.25) is 13.7 Å². The average Bonchev–Trinajstić information content (AvgIpc) is 3.83. The van der Waals surface area contributed by atoms with Crippen LogP contribution in [0.4, 0.5) is 20.4 Å². The molecule has 2 aliphatic heterocycles. The second-order valence-electron chi connectivity index (χ2n) is 10.4. The molecule has 3 unspecified atom stereocenters. The molecule has 4 aromatic heterocycles. The van der Waals surface area contributed by atoms with Crippen LogP contribution in [0, 0.1) is 0 Å². The fourth-order valence-electron chi connectivity index (χ4n) is 5.46. The van der Waals surface area contributed by atoms with Crippen LogP contribution in [0.2, 0.25) is 0 Å². The van der Waals surface area contributed by atoms with Gasteiger partial charge >= 0.3 is 8.25 Å². The summed E-state index contributed by atoms with van der Waals surface area (Å²) < 4.78 is 65.3. The summed E-state index contributed by atoms with van der Waals surface area (Å²) in [5.41, 5.74) is 1.15. The molecule has 10 atom stereocenters. The Balaban J connectivity index is 1.07. The molecule has 48 heavy (non-hydrogen) atoms. The molecule has 260 valence electrons. The molecule has 0 amide bonds. The summed E-state index contributed by atoms with van der Waals surface area (Å²) in [6, 6.07) is 0. The van der Waals surface area contributed by atoms with E-state index in [0.29, 0.717) is 35.8 Å². The molecule has 0 aromatic carbocycles. The van der Waals surface area contributed by atoms with Crippen molar-refractivity contribution in [1.82, 2.24) is 39.0 Å². The molecule has 0 bridgehead atoms. The van der Waals surface area contributed by atoms with Gasteiger partial charge in [-0.1, -0.05) is 12.2 Å². The maximum Gasteiger partial charge on any atom is 0.317 e. The van der Waals surface area contributed by atoms with Gasteiger partial charge in [-0.2, -0.15) is 0 Å². The first kappa shape index (κ1) is 34.7. The monoisotopic (exact) mass is 734 g/mol. The molecule has 6 rings (SSSR count). The number of nitrogens with zero attached hydrogens (tertiary/aromatic N) is 8. The number of aliphatic hydroxyl groups excluding tert-OH is 2. The number of imidazole rings is 2. The fourth-order valence-corrected chi connectivity index (χ4v) is 6.82. The van der Waals surface area contributed by atoms with Gasteiger partial charge in [0, 0.05) is 13.1 Å². The Morgan fingerprint density at radius 1 is 0.812 bits per heavy atom. The lowest BCUT2D eigenvalue weighted by atomic mass is 10.1. The van der Waals surface area contributed by atoms with Crippen LogP contribution < -0.4 is 10.6 Å². The number of fused-ring (bicyclic) bond motifs is 2. The standard InChI is InChI=1S/C24H30F2N10O9P2S/c25-13-17(44-46(39)40)11(5-37)42-23(13)35-9-33-15-19(29-7-31-21(15)35)27-3-1-2-4-28-20-16-22(32-8-30-20)36(10-34-16)24-14(26)18(45-47(41)48)12(6-38)43-24/h1-2,7-14,17-18,23-24,37-38,46-47H,3-6H2,(H,39,40)(H,41,48)(H,27,29,31)(H,28,30,32)/b2-1+/t11-,12-,13-,14-,17-,18-,23?,24-/m1/s1. The van der Waals surface area contributed by atoms with Crippen molar-refractivity contribution in [2.75, 3.05) is 36.9 Å². The third kappa shape index (κ3) is 6.96. The van der Waals surface area contributed by atoms with Gasteiger partial charge in [0.1, 0.15) is 37.1 Å². The van der Waals surface area contributed by atoms with E-state index in [-0.39, 0.29) is 11.3 Å². The van der Waals surface area contributed by atoms with E-state index < -0.39 is 77.8 Å². The third-order valence-electron chi connectivity index (χ3n) is 7.57. The molecule has 24 heteroatoms. The van der Waals surface area contributed by atoms with Crippen molar-refractivity contribution in [3.8, 4) is 0 Å². The lowest BCUT2D eigenvalue weighted by Gasteiger charge is -2.17. The quantitative estimate of drug-likeness (QED) is 0.0746. The van der Waals surface area contributed by atoms with E-state index in [1.54, 1.807) is 12.2 Å². The highest BCUT2D eigenvalue weighted by Gasteiger charge is 2.49. The fraction of sp³-hybridized carbons (Fsp3) is 0.500. The van der Waals surface area contributed by atoms with Crippen molar-refractivity contribution in [3.05, 3.63) is 37.5 Å². The minimum Gasteiger partial charge on any atom is -0.394 e. The Morgan fingerprint density at radius 3 is 1.69 bits per heavy atom. The molecule has 2 fully saturated rings. The average molecular weight is 735 g/mol. The summed E-state index contributed by atoms with van der Waals surface area (Å²) in [5, 5.41) is 25.4. The maximum absolute atomic E-state index is 15.3. The van der Waals surface area contributed by atoms with Gasteiger partial charge < -0.3 is 49.2 Å². The molecular weight excluding hydrogens is 704 g/mol. The molecule has 0 radical (unpaired) electrons. The minimum absolute atomic E-state index is 0.225. The Morgan fingerprint density at radius 2 is 1.27 bits per heavy atom. The van der Waals surface area contributed by atoms with Crippen molar-refractivity contribution in [2.24, 2.45) is 0 Å². The van der Waals surface area contributed by atoms with Crippen LogP contribution in [0.1, 0.15) is 12.5 Å². The van der Waals surface area contributed by atoms with Crippen molar-refractivity contribution in [2.45, 2.75) is 49.2 Å². The van der Waals surface area contributed by atoms with Crippen LogP contribution in [0.5, 0.6) is 0 Å². The van der Waals surface area contributed by atoms with Crippen molar-refractivity contribution >= 4 is 61.2 Å². The van der Waals surface area contributed by atoms with Gasteiger partial charge in [0.05, 0.1) is 25.9 Å². The Bertz CT molecular complexity index is 1700. The van der Waals surface area contributed by atoms with Gasteiger partial charge in [0.25, 0.3) is 0 Å². The number of halogens is 2. The molecule has 6 N–H and O–H groups in total. The van der Waals surface area contributed by atoms with Crippen LogP contribution in [0.3, 0.4) is 0 Å². The highest BCUT2D eigenvalue weighted by atomic mass is 32.4. The smallest absolute Gasteiger partial charge is 0.317 e. The molecule has 0 aliphatic carbocycles. The van der Waals surface area contributed by atoms with E-state index in [1.165, 1.54) is 34.4 Å². The Kier molecular flexibility index (Phi) is 11.0. The van der Waals surface area contributed by atoms with Crippen molar-refractivity contribution < 1.29 is 51.9 Å². The van der Waals surface area contributed by atoms with Crippen LogP contribution in [-0.4, -0.2) is 122 Å². The zero-order chi connectivity index (χ0) is 33.9. The Labute approximate surface area is 275 Å². The van der Waals surface area contributed by atoms with Crippen LogP contribution in [-0.2, 0) is 34.9 Å². The molecule has 2 aliphatic rings. The number of ether oxygens (including phenoxy) is 2. The molecule has 0 spiro atoms. The van der Waals surface area contributed by atoms with Crippen LogP contribution in [0.25, 0.3) is 22.3 Å². The van der Waals surface area contributed by atoms with Crippen molar-refractivity contribution in [3.63, 3.8) is 0 Å². The van der Waals surface area contributed by atoms with E-state index in [4.69, 9.17) is 23.4 Å². The molecule has 2 saturated heterocycles. The zero-order valence-corrected chi connectivity index (χ0v) is 27.3. The maximum atomic E-state index is 15.3. The second kappa shape index (κ2) is 15.2. The number of aliphatic hydroxyl groups is 2. The lowest BCUT2D eigenvalue weighted by molar-refractivity contribution is -0.0436. The summed E-state index contributed by atoms with van der Waals surface area (Å²) in [7, 11) is -6.14. The molecule has 0 saturated carbocycles. The highest BCUT2D eigenvalue weighted by Crippen LogP contribution is 2.40. The van der Waals surface area contributed by atoms with Gasteiger partial charge in [-0.25, -0.2) is 38.7 Å². The zero-order valence-electron chi connectivity index (χ0n) is 24.5. The molecule has 4 aromatic rings. The predicted octanol–water partition coefficient (Wildman–Crippen LogP) is 0.153. The number of hydrogen-bond acceptors (Lipinski definition) is 16. The first-order valence-electron chi connectivity index (χ1n) is 14.3. The van der Waals surface area contributed by atoms with E-state index in [2.05, 4.69) is 52.3 Å². The highest BCUT2D eigenvalue weighted by molar-refractivity contribution is 8.00. The summed E-state index contributed by atoms with van der Waals surface area (Å²) in [5.74, 6) is 0.716. The summed E-state index contributed by atoms with van der Waals surface area (Å²) in [6.45, 7) is -0.546. The SMILES string of the molecule is O=[PH](O)O[C@@H]1[C@@H](CO)OC(n2cnc3c(NC/C=C/CNc4ncnc5c4ncn5[C@@H]4O[C@H](CO)[C@@H](O[PH](O)=S)[C@H]4F)ncnc32)[C@@H]1F. The number of anilines is 2. The van der Waals surface area contributed by atoms with Gasteiger partial charge in [-0.05, 0) is 11.8 Å². The lowest BCUT2D eigenvalue weighted by Crippen LogP contribution is -2.32. The van der Waals surface area contributed by atoms with E-state index in [0.717, 1.165) is 0 Å². The number of aromatic nitrogens is 8. The Hall–Kier alpha value is -3.14. The first-order chi connectivity index (χ1) is 23.2. The van der Waals surface area contributed by atoms with Crippen molar-refractivity contribution in [1.29, 1.82) is 0 Å². The normalized spacial score (nSPS) is 28.9. The van der Waals surface area contributed by atoms with Gasteiger partial charge in [0.15, 0.2) is 65.9 Å². The first-order valence-corrected chi connectivity index (χ1v) is 18.0. The molecular formula is C24H30F2N10O9P2S. The molecule has 19 nitrogen and oxygen atoms in total. The number of alkyl halides is 2.